The van der Waals surface area contributed by atoms with E-state index in [1.807, 2.05) is 0 Å². The number of nitrogens with zero attached hydrogens (tertiary/aromatic N) is 3. The van der Waals surface area contributed by atoms with Crippen LogP contribution in [0.1, 0.15) is 17.2 Å². The zero-order valence-corrected chi connectivity index (χ0v) is 15.9. The van der Waals surface area contributed by atoms with Gasteiger partial charge < -0.3 is 10.2 Å². The molecule has 31 heavy (non-hydrogen) atoms. The summed E-state index contributed by atoms with van der Waals surface area (Å²) in [5.41, 5.74) is 0.273. The number of pyridine rings is 1. The summed E-state index contributed by atoms with van der Waals surface area (Å²) in [6.45, 7) is 0. The molecule has 0 spiro atoms. The maximum Gasteiger partial charge on any atom is 0.300 e. The van der Waals surface area contributed by atoms with E-state index in [0.717, 1.165) is 4.90 Å². The van der Waals surface area contributed by atoms with E-state index in [2.05, 4.69) is 4.98 Å². The number of aromatic hydroxyl groups is 1. The summed E-state index contributed by atoms with van der Waals surface area (Å²) in [5, 5.41) is 32.1. The molecule has 1 aromatic heterocycles. The van der Waals surface area contributed by atoms with Crippen molar-refractivity contribution in [2.75, 3.05) is 4.90 Å². The van der Waals surface area contributed by atoms with E-state index < -0.39 is 28.4 Å². The minimum absolute atomic E-state index is 0.0983. The average molecular weight is 417 g/mol. The van der Waals surface area contributed by atoms with Crippen molar-refractivity contribution in [1.29, 1.82) is 0 Å². The molecule has 1 unspecified atom stereocenters. The number of hydrogen-bond acceptors (Lipinski definition) is 7. The maximum atomic E-state index is 13.0. The summed E-state index contributed by atoms with van der Waals surface area (Å²) < 4.78 is 0. The summed E-state index contributed by atoms with van der Waals surface area (Å²) in [6.07, 6.45) is 2.97. The van der Waals surface area contributed by atoms with Crippen LogP contribution in [-0.4, -0.2) is 31.8 Å². The first-order valence-corrected chi connectivity index (χ1v) is 9.14. The molecule has 1 saturated heterocycles. The van der Waals surface area contributed by atoms with Gasteiger partial charge in [-0.25, -0.2) is 0 Å². The van der Waals surface area contributed by atoms with Gasteiger partial charge in [-0.1, -0.05) is 18.2 Å². The van der Waals surface area contributed by atoms with Gasteiger partial charge in [0.1, 0.15) is 11.5 Å². The second-order valence-corrected chi connectivity index (χ2v) is 6.75. The van der Waals surface area contributed by atoms with Gasteiger partial charge in [0.25, 0.3) is 17.4 Å². The molecular weight excluding hydrogens is 402 g/mol. The quantitative estimate of drug-likeness (QED) is 0.219. The Balaban J connectivity index is 1.92. The fourth-order valence-electron chi connectivity index (χ4n) is 3.50. The number of ketones is 1. The Morgan fingerprint density at radius 3 is 2.35 bits per heavy atom. The Morgan fingerprint density at radius 2 is 1.74 bits per heavy atom. The van der Waals surface area contributed by atoms with Gasteiger partial charge in [-0.15, -0.1) is 0 Å². The lowest BCUT2D eigenvalue weighted by molar-refractivity contribution is -0.384. The first kappa shape index (κ1) is 19.8. The summed E-state index contributed by atoms with van der Waals surface area (Å²) in [5.74, 6) is -2.58. The van der Waals surface area contributed by atoms with Crippen molar-refractivity contribution in [3.8, 4) is 5.75 Å². The minimum Gasteiger partial charge on any atom is -0.507 e. The van der Waals surface area contributed by atoms with Crippen LogP contribution in [0.3, 0.4) is 0 Å². The Hall–Kier alpha value is -4.53. The van der Waals surface area contributed by atoms with Crippen LogP contribution < -0.4 is 4.90 Å². The normalized spacial score (nSPS) is 17.7. The molecule has 1 aliphatic rings. The largest absolute Gasteiger partial charge is 0.507 e. The zero-order valence-electron chi connectivity index (χ0n) is 15.9. The number of para-hydroxylation sites is 2. The van der Waals surface area contributed by atoms with E-state index in [4.69, 9.17) is 0 Å². The third-order valence-corrected chi connectivity index (χ3v) is 4.94. The fourth-order valence-corrected chi connectivity index (χ4v) is 3.50. The van der Waals surface area contributed by atoms with Gasteiger partial charge in [0.05, 0.1) is 22.2 Å². The third kappa shape index (κ3) is 3.38. The average Bonchev–Trinajstić information content (AvgIpc) is 3.05. The zero-order chi connectivity index (χ0) is 22.1. The van der Waals surface area contributed by atoms with Crippen molar-refractivity contribution >= 4 is 28.8 Å². The third-order valence-electron chi connectivity index (χ3n) is 4.94. The molecule has 0 aliphatic carbocycles. The first-order chi connectivity index (χ1) is 14.9. The van der Waals surface area contributed by atoms with E-state index >= 15 is 0 Å². The van der Waals surface area contributed by atoms with Crippen LogP contribution in [0, 0.1) is 10.1 Å². The molecule has 2 aromatic carbocycles. The van der Waals surface area contributed by atoms with Crippen molar-refractivity contribution in [2.45, 2.75) is 6.04 Å². The van der Waals surface area contributed by atoms with Crippen molar-refractivity contribution in [1.82, 2.24) is 4.98 Å². The summed E-state index contributed by atoms with van der Waals surface area (Å²) in [7, 11) is 0. The van der Waals surface area contributed by atoms with Crippen LogP contribution in [0.25, 0.3) is 5.76 Å². The predicted molar refractivity (Wildman–Crippen MR) is 110 cm³/mol. The molecule has 4 rings (SSSR count). The van der Waals surface area contributed by atoms with Gasteiger partial charge in [-0.3, -0.25) is 29.6 Å². The van der Waals surface area contributed by atoms with Gasteiger partial charge >= 0.3 is 0 Å². The number of benzene rings is 2. The summed E-state index contributed by atoms with van der Waals surface area (Å²) in [6, 6.07) is 13.2. The molecule has 1 aliphatic heterocycles. The minimum atomic E-state index is -1.06. The number of aliphatic hydroxyl groups is 1. The molecular formula is C22H15N3O6. The van der Waals surface area contributed by atoms with Crippen LogP contribution in [0.5, 0.6) is 5.75 Å². The number of Topliss-reactive ketones (excluding diaryl/α,β-unsaturated/α-hetero) is 1. The second-order valence-electron chi connectivity index (χ2n) is 6.75. The molecule has 1 fully saturated rings. The number of phenolic OH excluding ortho intramolecular Hbond substituents is 1. The second kappa shape index (κ2) is 7.71. The summed E-state index contributed by atoms with van der Waals surface area (Å²) in [4.78, 5) is 41.3. The standard InChI is InChI=1S/C22H15N3O6/c26-17-6-2-1-5-16(17)24-19(14-4-3-11-23-12-14)18(21(28)22(24)29)20(27)13-7-9-15(10-8-13)25(30)31/h1-12,19,26-27H/b20-18-. The van der Waals surface area contributed by atoms with Crippen LogP contribution in [-0.2, 0) is 9.59 Å². The van der Waals surface area contributed by atoms with Crippen molar-refractivity contribution in [3.63, 3.8) is 0 Å². The molecule has 154 valence electrons. The lowest BCUT2D eigenvalue weighted by atomic mass is 9.96. The highest BCUT2D eigenvalue weighted by Gasteiger charge is 2.47. The fraction of sp³-hybridized carbons (Fsp3) is 0.0455. The number of rotatable bonds is 4. The number of hydrogen-bond donors (Lipinski definition) is 2. The molecule has 9 nitrogen and oxygen atoms in total. The molecule has 2 N–H and O–H groups in total. The number of non-ortho nitro benzene ring substituents is 1. The topological polar surface area (TPSA) is 134 Å². The Morgan fingerprint density at radius 1 is 1.03 bits per heavy atom. The van der Waals surface area contributed by atoms with Crippen LogP contribution in [0.15, 0.2) is 78.6 Å². The monoisotopic (exact) mass is 417 g/mol. The number of carbonyl (C=O) groups is 2. The number of anilines is 1. The van der Waals surface area contributed by atoms with Crippen LogP contribution in [0.4, 0.5) is 11.4 Å². The van der Waals surface area contributed by atoms with Crippen molar-refractivity contribution in [2.24, 2.45) is 0 Å². The lowest BCUT2D eigenvalue weighted by Crippen LogP contribution is -2.29. The smallest absolute Gasteiger partial charge is 0.300 e. The number of nitro groups is 1. The number of amides is 1. The van der Waals surface area contributed by atoms with Gasteiger partial charge in [-0.05, 0) is 35.9 Å². The van der Waals surface area contributed by atoms with Crippen molar-refractivity contribution in [3.05, 3.63) is 99.9 Å². The van der Waals surface area contributed by atoms with E-state index in [0.29, 0.717) is 5.56 Å². The van der Waals surface area contributed by atoms with E-state index in [1.54, 1.807) is 24.3 Å². The highest BCUT2D eigenvalue weighted by atomic mass is 16.6. The number of aromatic nitrogens is 1. The number of aliphatic hydroxyl groups excluding tert-OH is 1. The Bertz CT molecular complexity index is 1220. The molecule has 9 heteroatoms. The molecule has 2 heterocycles. The lowest BCUT2D eigenvalue weighted by Gasteiger charge is -2.25. The highest BCUT2D eigenvalue weighted by Crippen LogP contribution is 2.44. The molecule has 1 amide bonds. The van der Waals surface area contributed by atoms with E-state index in [1.165, 1.54) is 48.8 Å². The van der Waals surface area contributed by atoms with E-state index in [9.17, 15) is 29.9 Å². The molecule has 3 aromatic rings. The molecule has 0 saturated carbocycles. The SMILES string of the molecule is O=C1C(=O)N(c2ccccc2O)C(c2cccnc2)/C1=C(/O)c1ccc([N+](=O)[O-])cc1. The first-order valence-electron chi connectivity index (χ1n) is 9.14. The number of nitro benzene ring substituents is 1. The maximum absolute atomic E-state index is 13.0. The number of carbonyl (C=O) groups excluding carboxylic acids is 2. The van der Waals surface area contributed by atoms with Gasteiger partial charge in [0.2, 0.25) is 0 Å². The Kier molecular flexibility index (Phi) is 4.92. The van der Waals surface area contributed by atoms with E-state index in [-0.39, 0.29) is 28.3 Å². The van der Waals surface area contributed by atoms with Gasteiger partial charge in [0, 0.05) is 30.1 Å². The van der Waals surface area contributed by atoms with Crippen LogP contribution in [0.2, 0.25) is 0 Å². The van der Waals surface area contributed by atoms with Crippen LogP contribution >= 0.6 is 0 Å². The summed E-state index contributed by atoms with van der Waals surface area (Å²) >= 11 is 0. The van der Waals surface area contributed by atoms with Gasteiger partial charge in [-0.2, -0.15) is 0 Å². The molecule has 1 atom stereocenters. The molecule has 0 radical (unpaired) electrons. The molecule has 0 bridgehead atoms. The predicted octanol–water partition coefficient (Wildman–Crippen LogP) is 3.32. The Labute approximate surface area is 175 Å². The van der Waals surface area contributed by atoms with Gasteiger partial charge in [0.15, 0.2) is 0 Å². The highest BCUT2D eigenvalue weighted by molar-refractivity contribution is 6.51. The van der Waals surface area contributed by atoms with Crippen molar-refractivity contribution < 1.29 is 24.7 Å². The number of phenols is 1.